The smallest absolute Gasteiger partial charge is 0.251 e. The number of rotatable bonds is 4. The van der Waals surface area contributed by atoms with Gasteiger partial charge in [0.1, 0.15) is 0 Å². The van der Waals surface area contributed by atoms with E-state index in [1.807, 2.05) is 13.0 Å². The van der Waals surface area contributed by atoms with E-state index in [-0.39, 0.29) is 28.7 Å². The molecule has 0 aromatic heterocycles. The molecule has 1 fully saturated rings. The van der Waals surface area contributed by atoms with Crippen LogP contribution >= 0.6 is 11.8 Å². The number of nitrogens with zero attached hydrogens (tertiary/aromatic N) is 1. The number of aliphatic imine (C=N–C) groups is 1. The third-order valence-corrected chi connectivity index (χ3v) is 7.11. The van der Waals surface area contributed by atoms with Crippen molar-refractivity contribution < 1.29 is 13.2 Å². The molecule has 1 aromatic rings. The molecule has 2 aliphatic rings. The van der Waals surface area contributed by atoms with Crippen molar-refractivity contribution in [1.29, 1.82) is 0 Å². The number of amides is 1. The van der Waals surface area contributed by atoms with Crippen LogP contribution in [0, 0.1) is 6.92 Å². The molecule has 0 bridgehead atoms. The van der Waals surface area contributed by atoms with Gasteiger partial charge in [0.25, 0.3) is 5.91 Å². The lowest BCUT2D eigenvalue weighted by Crippen LogP contribution is -2.23. The largest absolute Gasteiger partial charge is 0.349 e. The van der Waals surface area contributed by atoms with Crippen molar-refractivity contribution in [2.45, 2.75) is 18.2 Å². The Morgan fingerprint density at radius 2 is 2.25 bits per heavy atom. The standard InChI is InChI=1S/C16H19N3O3S2/c1-3-6-17-15(20)11-5-4-10(2)12(7-11)18-16-19-13-8-24(21,22)9-14(13)23-16/h3-5,7,13-14H,1,6,8-9H2,2H3,(H,17,20)(H,18,19)/t13-,14-/m0/s1. The molecule has 1 saturated heterocycles. The summed E-state index contributed by atoms with van der Waals surface area (Å²) in [6, 6.07) is 5.25. The van der Waals surface area contributed by atoms with E-state index in [2.05, 4.69) is 22.2 Å². The average molecular weight is 365 g/mol. The maximum atomic E-state index is 12.0. The number of carbonyl (C=O) groups is 1. The highest BCUT2D eigenvalue weighted by Crippen LogP contribution is 2.35. The number of anilines is 1. The van der Waals surface area contributed by atoms with Crippen molar-refractivity contribution in [3.05, 3.63) is 42.0 Å². The van der Waals surface area contributed by atoms with Gasteiger partial charge in [-0.2, -0.15) is 0 Å². The summed E-state index contributed by atoms with van der Waals surface area (Å²) in [5, 5.41) is 6.69. The van der Waals surface area contributed by atoms with Gasteiger partial charge in [-0.05, 0) is 24.6 Å². The fourth-order valence-corrected chi connectivity index (χ4v) is 6.36. The van der Waals surface area contributed by atoms with E-state index in [1.165, 1.54) is 11.8 Å². The molecule has 8 heteroatoms. The first-order valence-electron chi connectivity index (χ1n) is 7.59. The molecule has 0 unspecified atom stereocenters. The monoisotopic (exact) mass is 365 g/mol. The minimum absolute atomic E-state index is 0.00289. The van der Waals surface area contributed by atoms with Crippen molar-refractivity contribution in [1.82, 2.24) is 5.32 Å². The number of sulfone groups is 1. The summed E-state index contributed by atoms with van der Waals surface area (Å²) >= 11 is 1.46. The van der Waals surface area contributed by atoms with Gasteiger partial charge < -0.3 is 10.6 Å². The second-order valence-electron chi connectivity index (χ2n) is 5.89. The first-order chi connectivity index (χ1) is 11.4. The Balaban J connectivity index is 1.74. The van der Waals surface area contributed by atoms with E-state index in [0.29, 0.717) is 17.3 Å². The Labute approximate surface area is 145 Å². The molecule has 0 saturated carbocycles. The fourth-order valence-electron chi connectivity index (χ4n) is 2.70. The minimum atomic E-state index is -2.95. The molecular weight excluding hydrogens is 346 g/mol. The Kier molecular flexibility index (Phi) is 4.69. The van der Waals surface area contributed by atoms with Crippen LogP contribution in [0.4, 0.5) is 5.69 Å². The third kappa shape index (κ3) is 3.64. The van der Waals surface area contributed by atoms with Gasteiger partial charge in [-0.1, -0.05) is 23.9 Å². The maximum absolute atomic E-state index is 12.0. The fraction of sp³-hybridized carbons (Fsp3) is 0.375. The van der Waals surface area contributed by atoms with E-state index in [1.54, 1.807) is 18.2 Å². The zero-order chi connectivity index (χ0) is 17.3. The van der Waals surface area contributed by atoms with Crippen molar-refractivity contribution in [2.75, 3.05) is 23.4 Å². The molecule has 2 aliphatic heterocycles. The lowest BCUT2D eigenvalue weighted by molar-refractivity contribution is 0.0958. The lowest BCUT2D eigenvalue weighted by atomic mass is 10.1. The molecule has 0 spiro atoms. The van der Waals surface area contributed by atoms with Crippen LogP contribution in [0.2, 0.25) is 0 Å². The van der Waals surface area contributed by atoms with Gasteiger partial charge in [0, 0.05) is 23.0 Å². The van der Waals surface area contributed by atoms with E-state index < -0.39 is 9.84 Å². The Hall–Kier alpha value is -1.80. The summed E-state index contributed by atoms with van der Waals surface area (Å²) in [4.78, 5) is 16.5. The van der Waals surface area contributed by atoms with Crippen LogP contribution in [0.25, 0.3) is 0 Å². The van der Waals surface area contributed by atoms with Crippen LogP contribution < -0.4 is 10.6 Å². The Morgan fingerprint density at radius 1 is 1.46 bits per heavy atom. The number of nitrogens with one attached hydrogen (secondary N) is 2. The van der Waals surface area contributed by atoms with Crippen molar-refractivity contribution in [3.8, 4) is 0 Å². The Morgan fingerprint density at radius 3 is 2.96 bits per heavy atom. The first kappa shape index (κ1) is 17.0. The second-order valence-corrected chi connectivity index (χ2v) is 9.27. The molecule has 3 rings (SSSR count). The number of carbonyl (C=O) groups excluding carboxylic acids is 1. The lowest BCUT2D eigenvalue weighted by Gasteiger charge is -2.11. The summed E-state index contributed by atoms with van der Waals surface area (Å²) in [7, 11) is -2.95. The molecule has 2 heterocycles. The topological polar surface area (TPSA) is 87.6 Å². The number of benzene rings is 1. The average Bonchev–Trinajstić information content (AvgIpc) is 2.99. The SMILES string of the molecule is C=CCNC(=O)c1ccc(C)c(NC2=N[C@H]3CS(=O)(=O)C[C@@H]3S2)c1. The maximum Gasteiger partial charge on any atom is 0.251 e. The second kappa shape index (κ2) is 6.60. The quantitative estimate of drug-likeness (QED) is 0.791. The summed E-state index contributed by atoms with van der Waals surface area (Å²) in [5.41, 5.74) is 2.34. The molecule has 24 heavy (non-hydrogen) atoms. The third-order valence-electron chi connectivity index (χ3n) is 3.97. The molecule has 1 amide bonds. The first-order valence-corrected chi connectivity index (χ1v) is 10.3. The predicted octanol–water partition coefficient (Wildman–Crippen LogP) is 1.59. The van der Waals surface area contributed by atoms with Crippen molar-refractivity contribution in [2.24, 2.45) is 4.99 Å². The molecule has 0 radical (unpaired) electrons. The van der Waals surface area contributed by atoms with Gasteiger partial charge >= 0.3 is 0 Å². The van der Waals surface area contributed by atoms with E-state index >= 15 is 0 Å². The van der Waals surface area contributed by atoms with Crippen LogP contribution in [0.1, 0.15) is 15.9 Å². The highest BCUT2D eigenvalue weighted by molar-refractivity contribution is 8.15. The van der Waals surface area contributed by atoms with Crippen LogP contribution in [0.3, 0.4) is 0 Å². The number of thioether (sulfide) groups is 1. The van der Waals surface area contributed by atoms with E-state index in [0.717, 1.165) is 11.3 Å². The summed E-state index contributed by atoms with van der Waals surface area (Å²) < 4.78 is 23.2. The molecule has 2 atom stereocenters. The zero-order valence-corrected chi connectivity index (χ0v) is 14.9. The number of hydrogen-bond acceptors (Lipinski definition) is 6. The van der Waals surface area contributed by atoms with Gasteiger partial charge in [0.15, 0.2) is 15.0 Å². The van der Waals surface area contributed by atoms with Gasteiger partial charge in [-0.25, -0.2) is 8.42 Å². The van der Waals surface area contributed by atoms with Gasteiger partial charge in [-0.15, -0.1) is 6.58 Å². The highest BCUT2D eigenvalue weighted by atomic mass is 32.2. The number of amidine groups is 1. The van der Waals surface area contributed by atoms with Crippen LogP contribution in [-0.4, -0.2) is 48.8 Å². The van der Waals surface area contributed by atoms with Crippen LogP contribution in [0.15, 0.2) is 35.8 Å². The predicted molar refractivity (Wildman–Crippen MR) is 98.6 cm³/mol. The zero-order valence-electron chi connectivity index (χ0n) is 13.3. The molecular formula is C16H19N3O3S2. The van der Waals surface area contributed by atoms with Crippen molar-refractivity contribution in [3.63, 3.8) is 0 Å². The van der Waals surface area contributed by atoms with E-state index in [9.17, 15) is 13.2 Å². The normalized spacial score (nSPS) is 24.1. The number of fused-ring (bicyclic) bond motifs is 1. The summed E-state index contributed by atoms with van der Waals surface area (Å²) in [6.07, 6.45) is 1.63. The number of hydrogen-bond donors (Lipinski definition) is 2. The van der Waals surface area contributed by atoms with Crippen LogP contribution in [-0.2, 0) is 9.84 Å². The Bertz CT molecular complexity index is 818. The minimum Gasteiger partial charge on any atom is -0.349 e. The highest BCUT2D eigenvalue weighted by Gasteiger charge is 2.42. The van der Waals surface area contributed by atoms with Gasteiger partial charge in [0.2, 0.25) is 0 Å². The molecule has 128 valence electrons. The van der Waals surface area contributed by atoms with E-state index in [4.69, 9.17) is 0 Å². The van der Waals surface area contributed by atoms with Gasteiger partial charge in [0.05, 0.1) is 17.5 Å². The summed E-state index contributed by atoms with van der Waals surface area (Å²) in [5.74, 6) is 0.140. The number of aryl methyl sites for hydroxylation is 1. The molecule has 1 aromatic carbocycles. The molecule has 6 nitrogen and oxygen atoms in total. The molecule has 0 aliphatic carbocycles. The van der Waals surface area contributed by atoms with Crippen molar-refractivity contribution >= 4 is 38.4 Å². The van der Waals surface area contributed by atoms with Crippen LogP contribution in [0.5, 0.6) is 0 Å². The molecule has 2 N–H and O–H groups in total. The summed E-state index contributed by atoms with van der Waals surface area (Å²) in [6.45, 7) is 5.93. The van der Waals surface area contributed by atoms with Gasteiger partial charge in [-0.3, -0.25) is 9.79 Å².